The summed E-state index contributed by atoms with van der Waals surface area (Å²) in [5.74, 6) is -0.431. The fraction of sp³-hybridized carbons (Fsp3) is 0.500. The van der Waals surface area contributed by atoms with Crippen molar-refractivity contribution in [3.8, 4) is 0 Å². The highest BCUT2D eigenvalue weighted by atomic mass is 32.2. The molecule has 2 fully saturated rings. The van der Waals surface area contributed by atoms with E-state index in [1.807, 2.05) is 4.90 Å². The van der Waals surface area contributed by atoms with Gasteiger partial charge < -0.3 is 14.2 Å². The number of aromatic amines is 1. The van der Waals surface area contributed by atoms with Crippen molar-refractivity contribution in [3.63, 3.8) is 0 Å². The van der Waals surface area contributed by atoms with Gasteiger partial charge in [0.1, 0.15) is 17.2 Å². The van der Waals surface area contributed by atoms with E-state index in [2.05, 4.69) is 20.3 Å². The van der Waals surface area contributed by atoms with Crippen LogP contribution in [0, 0.1) is 5.82 Å². The van der Waals surface area contributed by atoms with Crippen LogP contribution < -0.4 is 0 Å². The van der Waals surface area contributed by atoms with Gasteiger partial charge in [0.05, 0.1) is 42.4 Å². The molecule has 2 saturated heterocycles. The number of H-pyrrole nitrogens is 1. The number of alkyl halides is 3. The monoisotopic (exact) mass is 627 g/mol. The van der Waals surface area contributed by atoms with Crippen LogP contribution in [0.3, 0.4) is 0 Å². The van der Waals surface area contributed by atoms with Crippen LogP contribution in [-0.2, 0) is 43.3 Å². The van der Waals surface area contributed by atoms with Crippen LogP contribution in [0.4, 0.5) is 17.6 Å². The Morgan fingerprint density at radius 3 is 2.35 bits per heavy atom. The lowest BCUT2D eigenvalue weighted by Gasteiger charge is -2.42. The third-order valence-electron chi connectivity index (χ3n) is 7.55. The maximum atomic E-state index is 13.9. The lowest BCUT2D eigenvalue weighted by molar-refractivity contribution is -0.231. The summed E-state index contributed by atoms with van der Waals surface area (Å²) in [6.45, 7) is 5.97. The highest BCUT2D eigenvalue weighted by molar-refractivity contribution is 7.90. The van der Waals surface area contributed by atoms with Gasteiger partial charge in [0, 0.05) is 39.0 Å². The molecule has 0 aliphatic carbocycles. The molecule has 2 aromatic carbocycles. The molecule has 0 radical (unpaired) electrons. The van der Waals surface area contributed by atoms with Crippen LogP contribution >= 0.6 is 0 Å². The van der Waals surface area contributed by atoms with Gasteiger partial charge in [0.25, 0.3) is 0 Å². The quantitative estimate of drug-likeness (QED) is 0.354. The first-order valence-electron chi connectivity index (χ1n) is 13.8. The number of rotatable bonds is 9. The zero-order chi connectivity index (χ0) is 30.8. The van der Waals surface area contributed by atoms with Gasteiger partial charge in [-0.25, -0.2) is 12.8 Å². The first kappa shape index (κ1) is 31.5. The average molecular weight is 628 g/mol. The van der Waals surface area contributed by atoms with Crippen LogP contribution in [0.25, 0.3) is 0 Å². The molecule has 15 heteroatoms. The second-order valence-corrected chi connectivity index (χ2v) is 12.7. The summed E-state index contributed by atoms with van der Waals surface area (Å²) in [4.78, 5) is 3.80. The van der Waals surface area contributed by atoms with Gasteiger partial charge in [-0.15, -0.1) is 0 Å². The number of halogens is 4. The van der Waals surface area contributed by atoms with E-state index < -0.39 is 50.7 Å². The molecule has 3 aromatic rings. The topological polar surface area (TPSA) is 110 Å². The molecule has 1 aromatic heterocycles. The maximum absolute atomic E-state index is 13.9. The van der Waals surface area contributed by atoms with Gasteiger partial charge in [-0.3, -0.25) is 9.80 Å². The predicted octanol–water partition coefficient (Wildman–Crippen LogP) is 3.88. The molecule has 0 unspecified atom stereocenters. The molecule has 10 nitrogen and oxygen atoms in total. The summed E-state index contributed by atoms with van der Waals surface area (Å²) in [5, 5.41) is 11.4. The minimum atomic E-state index is -4.76. The fourth-order valence-electron chi connectivity index (χ4n) is 5.21. The van der Waals surface area contributed by atoms with Crippen LogP contribution in [0.5, 0.6) is 0 Å². The molecule has 0 amide bonds. The molecule has 0 saturated carbocycles. The molecule has 3 heterocycles. The number of nitrogens with one attached hydrogen (secondary N) is 1. The lowest BCUT2D eigenvalue weighted by Crippen LogP contribution is -2.46. The Morgan fingerprint density at radius 1 is 1.02 bits per heavy atom. The number of hydrogen-bond donors (Lipinski definition) is 1. The van der Waals surface area contributed by atoms with Crippen molar-refractivity contribution < 1.29 is 40.2 Å². The van der Waals surface area contributed by atoms with Crippen molar-refractivity contribution in [3.05, 3.63) is 76.4 Å². The van der Waals surface area contributed by atoms with Gasteiger partial charge in [-0.2, -0.15) is 28.6 Å². The van der Waals surface area contributed by atoms with Crippen LogP contribution in [-0.4, -0.2) is 85.6 Å². The largest absolute Gasteiger partial charge is 0.416 e. The van der Waals surface area contributed by atoms with E-state index in [1.54, 1.807) is 12.1 Å². The second-order valence-electron chi connectivity index (χ2n) is 10.7. The Kier molecular flexibility index (Phi) is 9.49. The smallest absolute Gasteiger partial charge is 0.379 e. The molecule has 0 spiro atoms. The molecule has 2 aliphatic heterocycles. The first-order valence-corrected chi connectivity index (χ1v) is 15.6. The fourth-order valence-corrected chi connectivity index (χ4v) is 5.90. The summed E-state index contributed by atoms with van der Waals surface area (Å²) < 4.78 is 96.9. The number of morpholine rings is 2. The lowest BCUT2D eigenvalue weighted by atomic mass is 10.0. The standard InChI is InChI=1S/C28H33F4N5O5S/c1-18(20-13-21(28(30,31)32)15-23(14-20)43(2,38)39)42-27-26(19-3-5-22(29)6-4-19)37(9-12-41-27)17-25-24(33-35-34-25)16-36-7-10-40-11-8-36/h3-6,13-15,18,26-27H,7-12,16-17H2,1-2H3,(H,33,34,35)/t18-,26+,27-/m1/s1. The summed E-state index contributed by atoms with van der Waals surface area (Å²) in [7, 11) is -3.94. The Balaban J connectivity index is 1.42. The third kappa shape index (κ3) is 7.77. The minimum Gasteiger partial charge on any atom is -0.379 e. The van der Waals surface area contributed by atoms with Gasteiger partial charge in [0.2, 0.25) is 0 Å². The molecular formula is C28H33F4N5O5S. The van der Waals surface area contributed by atoms with E-state index in [0.29, 0.717) is 50.2 Å². The first-order chi connectivity index (χ1) is 20.4. The van der Waals surface area contributed by atoms with E-state index in [9.17, 15) is 26.0 Å². The molecule has 234 valence electrons. The van der Waals surface area contributed by atoms with Crippen LogP contribution in [0.2, 0.25) is 0 Å². The summed E-state index contributed by atoms with van der Waals surface area (Å²) in [6, 6.07) is 7.90. The number of hydrogen-bond acceptors (Lipinski definition) is 9. The highest BCUT2D eigenvalue weighted by Gasteiger charge is 2.38. The predicted molar refractivity (Wildman–Crippen MR) is 146 cm³/mol. The SMILES string of the molecule is C[C@@H](O[C@H]1OCCN(Cc2n[nH]nc2CN2CCOCC2)[C@H]1c1ccc(F)cc1)c1cc(C(F)(F)F)cc(S(C)(=O)=O)c1. The summed E-state index contributed by atoms with van der Waals surface area (Å²) in [6.07, 6.45) is -5.89. The minimum absolute atomic E-state index is 0.0260. The van der Waals surface area contributed by atoms with E-state index in [1.165, 1.54) is 25.1 Å². The van der Waals surface area contributed by atoms with Crippen LogP contribution in [0.15, 0.2) is 47.4 Å². The molecule has 2 aliphatic rings. The molecule has 43 heavy (non-hydrogen) atoms. The Labute approximate surface area is 246 Å². The van der Waals surface area contributed by atoms with E-state index in [4.69, 9.17) is 14.2 Å². The summed E-state index contributed by atoms with van der Waals surface area (Å²) in [5.41, 5.74) is 1.08. The molecular weight excluding hydrogens is 594 g/mol. The van der Waals surface area contributed by atoms with Crippen LogP contribution in [0.1, 0.15) is 47.1 Å². The van der Waals surface area contributed by atoms with Gasteiger partial charge in [-0.05, 0) is 48.4 Å². The number of ether oxygens (including phenoxy) is 3. The Bertz CT molecular complexity index is 1500. The average Bonchev–Trinajstić information content (AvgIpc) is 3.39. The Morgan fingerprint density at radius 2 is 1.70 bits per heavy atom. The molecule has 1 N–H and O–H groups in total. The third-order valence-corrected chi connectivity index (χ3v) is 8.64. The number of sulfone groups is 1. The molecule has 0 bridgehead atoms. The maximum Gasteiger partial charge on any atom is 0.416 e. The zero-order valence-electron chi connectivity index (χ0n) is 23.7. The van der Waals surface area contributed by atoms with E-state index >= 15 is 0 Å². The van der Waals surface area contributed by atoms with Crippen molar-refractivity contribution in [2.24, 2.45) is 0 Å². The zero-order valence-corrected chi connectivity index (χ0v) is 24.5. The Hall–Kier alpha value is -2.95. The van der Waals surface area contributed by atoms with Crippen molar-refractivity contribution in [2.45, 2.75) is 49.5 Å². The van der Waals surface area contributed by atoms with E-state index in [-0.39, 0.29) is 12.2 Å². The van der Waals surface area contributed by atoms with Crippen molar-refractivity contribution in [1.29, 1.82) is 0 Å². The second kappa shape index (κ2) is 13.0. The number of aromatic nitrogens is 3. The van der Waals surface area contributed by atoms with Gasteiger partial charge >= 0.3 is 6.18 Å². The van der Waals surface area contributed by atoms with Crippen molar-refractivity contribution >= 4 is 9.84 Å². The molecule has 5 rings (SSSR count). The number of benzene rings is 2. The van der Waals surface area contributed by atoms with Gasteiger partial charge in [-0.1, -0.05) is 12.1 Å². The highest BCUT2D eigenvalue weighted by Crippen LogP contribution is 2.37. The number of nitrogens with zero attached hydrogens (tertiary/aromatic N) is 4. The van der Waals surface area contributed by atoms with E-state index in [0.717, 1.165) is 31.1 Å². The summed E-state index contributed by atoms with van der Waals surface area (Å²) >= 11 is 0. The normalized spacial score (nSPS) is 21.6. The van der Waals surface area contributed by atoms with Crippen molar-refractivity contribution in [2.75, 3.05) is 45.7 Å². The molecule has 3 atom stereocenters. The van der Waals surface area contributed by atoms with Crippen molar-refractivity contribution in [1.82, 2.24) is 25.2 Å². The van der Waals surface area contributed by atoms with Gasteiger partial charge in [0.15, 0.2) is 16.1 Å².